The van der Waals surface area contributed by atoms with Gasteiger partial charge in [-0.05, 0) is 61.1 Å². The first-order valence-corrected chi connectivity index (χ1v) is 26.0. The number of hydrogen-bond acceptors (Lipinski definition) is 12. The molecular formula is C41H82O13Si2. The molecule has 1 aliphatic heterocycles. The largest absolute Gasteiger partial charge is 0.479 e. The Kier molecular flexibility index (Phi) is 22.1. The van der Waals surface area contributed by atoms with Crippen LogP contribution < -0.4 is 0 Å². The summed E-state index contributed by atoms with van der Waals surface area (Å²) in [5.74, 6) is -3.20. The minimum atomic E-state index is -2.40. The molecule has 4 N–H and O–H groups in total. The molecule has 1 fully saturated rings. The number of rotatable bonds is 27. The van der Waals surface area contributed by atoms with Gasteiger partial charge in [-0.25, -0.2) is 4.79 Å². The Hall–Kier alpha value is -0.796. The summed E-state index contributed by atoms with van der Waals surface area (Å²) in [5, 5.41) is 46.5. The van der Waals surface area contributed by atoms with Crippen molar-refractivity contribution in [2.24, 2.45) is 11.3 Å². The van der Waals surface area contributed by atoms with Crippen LogP contribution in [0.15, 0.2) is 11.6 Å². The van der Waals surface area contributed by atoms with Crippen LogP contribution in [0.4, 0.5) is 0 Å². The first-order chi connectivity index (χ1) is 25.9. The van der Waals surface area contributed by atoms with Crippen LogP contribution in [-0.4, -0.2) is 139 Å². The second-order valence-electron chi connectivity index (χ2n) is 17.8. The van der Waals surface area contributed by atoms with Crippen LogP contribution in [-0.2, 0) is 42.1 Å². The summed E-state index contributed by atoms with van der Waals surface area (Å²) in [6.07, 6.45) is -3.79. The van der Waals surface area contributed by atoms with Gasteiger partial charge in [0.15, 0.2) is 22.7 Å². The second-order valence-corrected chi connectivity index (χ2v) is 27.3. The summed E-state index contributed by atoms with van der Waals surface area (Å²) in [5.41, 5.74) is -0.577. The van der Waals surface area contributed by atoms with Gasteiger partial charge in [-0.2, -0.15) is 0 Å². The van der Waals surface area contributed by atoms with E-state index < -0.39 is 82.6 Å². The van der Waals surface area contributed by atoms with Gasteiger partial charge in [0, 0.05) is 66.1 Å². The highest BCUT2D eigenvalue weighted by molar-refractivity contribution is 6.74. The summed E-state index contributed by atoms with van der Waals surface area (Å²) in [6, 6.07) is 2.41. The molecule has 10 atom stereocenters. The smallest absolute Gasteiger partial charge is 0.335 e. The fraction of sp³-hybridized carbons (Fsp3) is 0.927. The van der Waals surface area contributed by atoms with Gasteiger partial charge in [0.25, 0.3) is 0 Å². The average molecular weight is 839 g/mol. The van der Waals surface area contributed by atoms with E-state index in [4.69, 9.17) is 37.3 Å². The predicted octanol–water partition coefficient (Wildman–Crippen LogP) is 6.89. The third-order valence-corrected chi connectivity index (χ3v) is 22.1. The van der Waals surface area contributed by atoms with Crippen LogP contribution in [0.2, 0.25) is 36.3 Å². The van der Waals surface area contributed by atoms with E-state index in [2.05, 4.69) is 67.6 Å². The summed E-state index contributed by atoms with van der Waals surface area (Å²) < 4.78 is 48.1. The lowest BCUT2D eigenvalue weighted by Gasteiger charge is -2.56. The Balaban J connectivity index is 3.50. The first-order valence-electron chi connectivity index (χ1n) is 20.6. The van der Waals surface area contributed by atoms with Crippen LogP contribution in [0.3, 0.4) is 0 Å². The molecule has 1 saturated heterocycles. The Morgan fingerprint density at radius 3 is 2.00 bits per heavy atom. The minimum Gasteiger partial charge on any atom is -0.479 e. The van der Waals surface area contributed by atoms with Crippen molar-refractivity contribution in [2.45, 2.75) is 192 Å². The molecule has 0 spiro atoms. The fourth-order valence-corrected chi connectivity index (χ4v) is 11.1. The minimum absolute atomic E-state index is 0.0360. The molecule has 0 radical (unpaired) electrons. The number of aliphatic hydroxyl groups excluding tert-OH is 2. The Morgan fingerprint density at radius 2 is 1.55 bits per heavy atom. The zero-order chi connectivity index (χ0) is 43.3. The summed E-state index contributed by atoms with van der Waals surface area (Å²) in [7, 11) is 1.56. The number of carboxylic acids is 1. The van der Waals surface area contributed by atoms with E-state index in [1.807, 2.05) is 6.92 Å². The lowest BCUT2D eigenvalue weighted by Crippen LogP contribution is -2.70. The normalized spacial score (nSPS) is 25.1. The van der Waals surface area contributed by atoms with Crippen molar-refractivity contribution < 1.29 is 62.5 Å². The number of aliphatic hydroxyl groups is 3. The summed E-state index contributed by atoms with van der Waals surface area (Å²) in [6.45, 7) is 25.2. The van der Waals surface area contributed by atoms with Gasteiger partial charge in [0.2, 0.25) is 5.79 Å². The quantitative estimate of drug-likeness (QED) is 0.0384. The maximum Gasteiger partial charge on any atom is 0.335 e. The zero-order valence-corrected chi connectivity index (χ0v) is 39.8. The van der Waals surface area contributed by atoms with Gasteiger partial charge in [0.05, 0.1) is 36.6 Å². The Labute approximate surface area is 341 Å². The summed E-state index contributed by atoms with van der Waals surface area (Å²) in [4.78, 5) is 12.2. The molecule has 15 heteroatoms. The number of methoxy groups -OCH3 is 4. The highest BCUT2D eigenvalue weighted by Gasteiger charge is 2.62. The van der Waals surface area contributed by atoms with E-state index in [9.17, 15) is 25.2 Å². The van der Waals surface area contributed by atoms with Crippen LogP contribution >= 0.6 is 0 Å². The standard InChI is InChI=1S/C41H82O13Si2/c1-17-29(26-52-55(15,16)39(6,7)8)21-28(5)32(42)22-30(48-12)25-35(43)40(9,10)41(46)37(54-56(18-2,19-3)20-4)34(50-14)24-31(53-41)23-33(49-13)36(38(44)45)51-27-47-11/h21,29-37,42-43,46H,17-20,22-27H2,1-16H3,(H,44,45)/b28-21-/t29?,30?,31-,32-,33+,34+,35-,36-,37+,41?/m0/s1. The molecular weight excluding hydrogens is 757 g/mol. The Morgan fingerprint density at radius 1 is 0.964 bits per heavy atom. The third-order valence-electron chi connectivity index (χ3n) is 13.0. The predicted molar refractivity (Wildman–Crippen MR) is 224 cm³/mol. The lowest BCUT2D eigenvalue weighted by molar-refractivity contribution is -0.376. The van der Waals surface area contributed by atoms with Crippen molar-refractivity contribution in [3.8, 4) is 0 Å². The number of carbonyl (C=O) groups is 1. The molecule has 13 nitrogen and oxygen atoms in total. The molecule has 1 rings (SSSR count). The molecule has 0 aromatic carbocycles. The topological polar surface area (TPSA) is 172 Å². The molecule has 0 saturated carbocycles. The highest BCUT2D eigenvalue weighted by Crippen LogP contribution is 2.49. The number of aliphatic carboxylic acids is 1. The summed E-state index contributed by atoms with van der Waals surface area (Å²) >= 11 is 0. The molecule has 1 aliphatic rings. The van der Waals surface area contributed by atoms with E-state index >= 15 is 0 Å². The van der Waals surface area contributed by atoms with E-state index in [-0.39, 0.29) is 43.4 Å². The van der Waals surface area contributed by atoms with Crippen LogP contribution in [0.1, 0.15) is 101 Å². The van der Waals surface area contributed by atoms with Crippen molar-refractivity contribution in [2.75, 3.05) is 41.8 Å². The van der Waals surface area contributed by atoms with E-state index in [1.54, 1.807) is 28.1 Å². The molecule has 1 heterocycles. The van der Waals surface area contributed by atoms with Crippen LogP contribution in [0.5, 0.6) is 0 Å². The number of ether oxygens (including phenoxy) is 6. The van der Waals surface area contributed by atoms with Crippen molar-refractivity contribution in [1.82, 2.24) is 0 Å². The second kappa shape index (κ2) is 23.3. The number of carboxylic acid groups (broad SMARTS) is 1. The fourth-order valence-electron chi connectivity index (χ4n) is 7.20. The zero-order valence-electron chi connectivity index (χ0n) is 37.8. The maximum atomic E-state index is 13.0. The molecule has 0 aromatic rings. The van der Waals surface area contributed by atoms with Gasteiger partial charge in [-0.1, -0.05) is 68.4 Å². The average Bonchev–Trinajstić information content (AvgIpc) is 3.14. The third kappa shape index (κ3) is 13.9. The molecule has 0 aromatic heterocycles. The molecule has 3 unspecified atom stereocenters. The van der Waals surface area contributed by atoms with Crippen molar-refractivity contribution >= 4 is 22.6 Å². The monoisotopic (exact) mass is 839 g/mol. The first kappa shape index (κ1) is 53.2. The van der Waals surface area contributed by atoms with Gasteiger partial charge in [-0.15, -0.1) is 0 Å². The number of hydrogen-bond donors (Lipinski definition) is 4. The van der Waals surface area contributed by atoms with Gasteiger partial charge in [0.1, 0.15) is 12.9 Å². The SMILES string of the molecule is CCC(/C=C(/C)[C@@H](O)CC(C[C@H](O)C(C)(C)C1(O)O[C@@H](C[C@@H](OC)[C@H](OCOC)C(=O)O)C[C@@H](OC)[C@H]1O[Si](CC)(CC)CC)OC)CO[Si](C)(C)C(C)(C)C. The van der Waals surface area contributed by atoms with Gasteiger partial charge >= 0.3 is 5.97 Å². The lowest BCUT2D eigenvalue weighted by atomic mass is 9.70. The Bertz CT molecular complexity index is 1170. The van der Waals surface area contributed by atoms with Crippen molar-refractivity contribution in [3.05, 3.63) is 11.6 Å². The van der Waals surface area contributed by atoms with Crippen molar-refractivity contribution in [3.63, 3.8) is 0 Å². The highest BCUT2D eigenvalue weighted by atomic mass is 28.4. The van der Waals surface area contributed by atoms with Gasteiger partial charge < -0.3 is 57.7 Å². The van der Waals surface area contributed by atoms with Crippen LogP contribution in [0.25, 0.3) is 0 Å². The van der Waals surface area contributed by atoms with Crippen molar-refractivity contribution in [1.29, 1.82) is 0 Å². The van der Waals surface area contributed by atoms with E-state index in [1.165, 1.54) is 14.2 Å². The molecule has 0 aliphatic carbocycles. The molecule has 0 bridgehead atoms. The molecule has 56 heavy (non-hydrogen) atoms. The maximum absolute atomic E-state index is 13.0. The molecule has 0 amide bonds. The molecule has 332 valence electrons. The van der Waals surface area contributed by atoms with Crippen LogP contribution in [0, 0.1) is 11.3 Å². The van der Waals surface area contributed by atoms with E-state index in [0.717, 1.165) is 30.1 Å². The van der Waals surface area contributed by atoms with Gasteiger partial charge in [-0.3, -0.25) is 0 Å². The van der Waals surface area contributed by atoms with E-state index in [0.29, 0.717) is 6.61 Å².